The standard InChI is InChI=1S/C33H38N8O4/c1-33(2,3)45-32(43)40-18-17-39(20-23(40)14-15-34)30-29-35-19-27(28(42)26-13-7-10-22-9-5-6-12-25(22)26)41(29)37-31(36-30)44-21-24-11-8-16-38(24)4/h5-7,9-10,12-13,19,23-24H,8,11,14,16-18,20-21H2,1-4H3/t23-,24-/m0/s1. The molecule has 0 radical (unpaired) electrons. The van der Waals surface area contributed by atoms with Crippen molar-refractivity contribution in [3.8, 4) is 12.1 Å². The molecule has 0 N–H and O–H groups in total. The van der Waals surface area contributed by atoms with Gasteiger partial charge >= 0.3 is 12.1 Å². The van der Waals surface area contributed by atoms with Crippen LogP contribution in [0.1, 0.15) is 56.1 Å². The summed E-state index contributed by atoms with van der Waals surface area (Å²) in [6.07, 6.45) is 3.31. The number of likely N-dealkylation sites (N-methyl/N-ethyl adjacent to an activating group) is 1. The molecule has 2 saturated heterocycles. The minimum atomic E-state index is -0.660. The van der Waals surface area contributed by atoms with Gasteiger partial charge in [0, 0.05) is 31.2 Å². The van der Waals surface area contributed by atoms with Crippen molar-refractivity contribution < 1.29 is 19.1 Å². The highest BCUT2D eigenvalue weighted by molar-refractivity contribution is 6.15. The van der Waals surface area contributed by atoms with E-state index in [1.165, 1.54) is 10.7 Å². The van der Waals surface area contributed by atoms with Crippen molar-refractivity contribution >= 4 is 34.1 Å². The number of nitrogens with zero attached hydrogens (tertiary/aromatic N) is 8. The largest absolute Gasteiger partial charge is 0.461 e. The fourth-order valence-corrected chi connectivity index (χ4v) is 6.09. The van der Waals surface area contributed by atoms with Gasteiger partial charge in [0.05, 0.1) is 24.7 Å². The third-order valence-electron chi connectivity index (χ3n) is 8.41. The lowest BCUT2D eigenvalue weighted by Crippen LogP contribution is -2.56. The van der Waals surface area contributed by atoms with Crippen LogP contribution in [0.4, 0.5) is 10.6 Å². The van der Waals surface area contributed by atoms with Crippen LogP contribution in [0.3, 0.4) is 0 Å². The average Bonchev–Trinajstić information content (AvgIpc) is 3.64. The predicted molar refractivity (Wildman–Crippen MR) is 168 cm³/mol. The Kier molecular flexibility index (Phi) is 8.29. The van der Waals surface area contributed by atoms with Crippen LogP contribution >= 0.6 is 0 Å². The van der Waals surface area contributed by atoms with Crippen molar-refractivity contribution in [2.75, 3.05) is 44.7 Å². The van der Waals surface area contributed by atoms with Crippen molar-refractivity contribution in [3.05, 3.63) is 59.9 Å². The third-order valence-corrected chi connectivity index (χ3v) is 8.41. The summed E-state index contributed by atoms with van der Waals surface area (Å²) in [6.45, 7) is 7.93. The van der Waals surface area contributed by atoms with Gasteiger partial charge in [0.15, 0.2) is 11.5 Å². The highest BCUT2D eigenvalue weighted by atomic mass is 16.6. The summed E-state index contributed by atoms with van der Waals surface area (Å²) < 4.78 is 13.3. The topological polar surface area (TPSA) is 129 Å². The van der Waals surface area contributed by atoms with E-state index in [4.69, 9.17) is 14.5 Å². The van der Waals surface area contributed by atoms with Crippen molar-refractivity contribution in [1.29, 1.82) is 5.26 Å². The molecule has 0 saturated carbocycles. The number of rotatable bonds is 7. The van der Waals surface area contributed by atoms with Crippen LogP contribution in [0.2, 0.25) is 0 Å². The molecular weight excluding hydrogens is 572 g/mol. The fourth-order valence-electron chi connectivity index (χ4n) is 6.09. The first-order valence-electron chi connectivity index (χ1n) is 15.4. The van der Waals surface area contributed by atoms with Gasteiger partial charge in [0.2, 0.25) is 5.78 Å². The highest BCUT2D eigenvalue weighted by Crippen LogP contribution is 2.28. The number of ether oxygens (including phenoxy) is 2. The molecule has 2 atom stereocenters. The summed E-state index contributed by atoms with van der Waals surface area (Å²) >= 11 is 0. The molecule has 0 aliphatic carbocycles. The smallest absolute Gasteiger partial charge is 0.410 e. The van der Waals surface area contributed by atoms with Gasteiger partial charge < -0.3 is 24.2 Å². The summed E-state index contributed by atoms with van der Waals surface area (Å²) in [4.78, 5) is 42.3. The van der Waals surface area contributed by atoms with E-state index in [9.17, 15) is 14.9 Å². The molecule has 2 aliphatic heterocycles. The Labute approximate surface area is 262 Å². The lowest BCUT2D eigenvalue weighted by molar-refractivity contribution is 0.0144. The number of hydrogen-bond donors (Lipinski definition) is 0. The highest BCUT2D eigenvalue weighted by Gasteiger charge is 2.35. The van der Waals surface area contributed by atoms with Crippen LogP contribution in [-0.4, -0.2) is 98.8 Å². The van der Waals surface area contributed by atoms with Gasteiger partial charge in [0.1, 0.15) is 17.9 Å². The molecule has 0 spiro atoms. The number of amides is 1. The maximum atomic E-state index is 14.0. The number of carbonyl (C=O) groups excluding carboxylic acids is 2. The number of fused-ring (bicyclic) bond motifs is 2. The lowest BCUT2D eigenvalue weighted by atomic mass is 10.0. The minimum absolute atomic E-state index is 0.119. The summed E-state index contributed by atoms with van der Waals surface area (Å²) in [5.41, 5.74) is 0.566. The number of benzene rings is 2. The van der Waals surface area contributed by atoms with Crippen molar-refractivity contribution in [2.24, 2.45) is 0 Å². The normalized spacial score (nSPS) is 19.2. The Balaban J connectivity index is 1.37. The number of nitriles is 1. The van der Waals surface area contributed by atoms with Crippen molar-refractivity contribution in [2.45, 2.75) is 57.7 Å². The zero-order valence-corrected chi connectivity index (χ0v) is 26.1. The predicted octanol–water partition coefficient (Wildman–Crippen LogP) is 4.32. The molecule has 12 nitrogen and oxygen atoms in total. The van der Waals surface area contributed by atoms with Gasteiger partial charge in [-0.2, -0.15) is 10.2 Å². The van der Waals surface area contributed by atoms with E-state index in [2.05, 4.69) is 28.1 Å². The number of likely N-dealkylation sites (tertiary alicyclic amines) is 1. The average molecular weight is 611 g/mol. The molecule has 2 aliphatic rings. The maximum absolute atomic E-state index is 14.0. The second-order valence-electron chi connectivity index (χ2n) is 12.7. The molecule has 0 bridgehead atoms. The molecule has 4 heterocycles. The third kappa shape index (κ3) is 6.26. The fraction of sp³-hybridized carbons (Fsp3) is 0.455. The number of carbonyl (C=O) groups is 2. The van der Waals surface area contributed by atoms with Gasteiger partial charge in [-0.05, 0) is 58.0 Å². The second-order valence-corrected chi connectivity index (χ2v) is 12.7. The lowest BCUT2D eigenvalue weighted by Gasteiger charge is -2.41. The van der Waals surface area contributed by atoms with E-state index in [0.29, 0.717) is 43.3 Å². The van der Waals surface area contributed by atoms with Crippen LogP contribution in [0, 0.1) is 11.3 Å². The molecule has 0 unspecified atom stereocenters. The van der Waals surface area contributed by atoms with E-state index >= 15 is 0 Å². The molecule has 2 fully saturated rings. The van der Waals surface area contributed by atoms with Gasteiger partial charge in [-0.1, -0.05) is 42.5 Å². The second kappa shape index (κ2) is 12.3. The first-order chi connectivity index (χ1) is 21.6. The Morgan fingerprint density at radius 2 is 1.87 bits per heavy atom. The summed E-state index contributed by atoms with van der Waals surface area (Å²) in [5, 5.41) is 16.1. The molecule has 1 amide bonds. The number of imidazole rings is 1. The first kappa shape index (κ1) is 30.3. The number of piperazine rings is 1. The van der Waals surface area contributed by atoms with E-state index in [-0.39, 0.29) is 30.0 Å². The maximum Gasteiger partial charge on any atom is 0.410 e. The van der Waals surface area contributed by atoms with Gasteiger partial charge in [0.25, 0.3) is 0 Å². The van der Waals surface area contributed by atoms with E-state index in [1.54, 1.807) is 4.90 Å². The number of aromatic nitrogens is 4. The molecule has 6 rings (SSSR count). The zero-order chi connectivity index (χ0) is 31.7. The summed E-state index contributed by atoms with van der Waals surface area (Å²) in [6, 6.07) is 15.6. The van der Waals surface area contributed by atoms with E-state index in [0.717, 1.165) is 30.2 Å². The SMILES string of the molecule is CN1CCC[C@H]1COc1nc(N2CCN(C(=O)OC(C)(C)C)[C@@H](CC#N)C2)c2ncc(C(=O)c3cccc4ccccc34)n2n1. The van der Waals surface area contributed by atoms with Gasteiger partial charge in [-0.15, -0.1) is 5.10 Å². The number of hydrogen-bond acceptors (Lipinski definition) is 10. The Morgan fingerprint density at radius 3 is 2.62 bits per heavy atom. The van der Waals surface area contributed by atoms with Crippen LogP contribution in [0.25, 0.3) is 16.4 Å². The van der Waals surface area contributed by atoms with E-state index in [1.807, 2.05) is 68.1 Å². The summed E-state index contributed by atoms with van der Waals surface area (Å²) in [7, 11) is 2.08. The van der Waals surface area contributed by atoms with Crippen molar-refractivity contribution in [1.82, 2.24) is 29.4 Å². The Bertz CT molecular complexity index is 1770. The quantitative estimate of drug-likeness (QED) is 0.279. The van der Waals surface area contributed by atoms with E-state index < -0.39 is 17.7 Å². The van der Waals surface area contributed by atoms with Crippen LogP contribution in [-0.2, 0) is 4.74 Å². The van der Waals surface area contributed by atoms with Crippen molar-refractivity contribution in [3.63, 3.8) is 0 Å². The Morgan fingerprint density at radius 1 is 1.07 bits per heavy atom. The number of anilines is 1. The van der Waals surface area contributed by atoms with Gasteiger partial charge in [-0.3, -0.25) is 4.79 Å². The van der Waals surface area contributed by atoms with Gasteiger partial charge in [-0.25, -0.2) is 14.3 Å². The summed E-state index contributed by atoms with van der Waals surface area (Å²) in [5.74, 6) is 0.256. The Hall–Kier alpha value is -4.76. The molecule has 12 heteroatoms. The molecule has 2 aromatic heterocycles. The molecular formula is C33H38N8O4. The molecule has 4 aromatic rings. The molecule has 45 heavy (non-hydrogen) atoms. The van der Waals surface area contributed by atoms with Crippen LogP contribution < -0.4 is 9.64 Å². The van der Waals surface area contributed by atoms with Crippen LogP contribution in [0.15, 0.2) is 48.7 Å². The van der Waals surface area contributed by atoms with Crippen LogP contribution in [0.5, 0.6) is 6.01 Å². The monoisotopic (exact) mass is 610 g/mol. The molecule has 2 aromatic carbocycles. The molecule has 234 valence electrons. The minimum Gasteiger partial charge on any atom is -0.461 e. The number of ketones is 1. The zero-order valence-electron chi connectivity index (χ0n) is 26.1. The first-order valence-corrected chi connectivity index (χ1v) is 15.4.